The van der Waals surface area contributed by atoms with Crippen LogP contribution in [0.4, 0.5) is 5.69 Å². The molecule has 1 aromatic carbocycles. The van der Waals surface area contributed by atoms with E-state index in [2.05, 4.69) is 10.4 Å². The van der Waals surface area contributed by atoms with Crippen LogP contribution in [0.3, 0.4) is 0 Å². The molecule has 0 saturated heterocycles. The van der Waals surface area contributed by atoms with Crippen molar-refractivity contribution in [1.29, 1.82) is 0 Å². The van der Waals surface area contributed by atoms with E-state index in [9.17, 15) is 14.9 Å². The van der Waals surface area contributed by atoms with E-state index in [4.69, 9.17) is 0 Å². The SMILES string of the molecule is Cc1cc(C)n(CCCNC(=O)c2ccc(C)c([N+](=O)[O-])c2)n1. The van der Waals surface area contributed by atoms with Crippen LogP contribution in [0.2, 0.25) is 0 Å². The second-order valence-electron chi connectivity index (χ2n) is 5.52. The minimum atomic E-state index is -0.477. The highest BCUT2D eigenvalue weighted by atomic mass is 16.6. The molecule has 2 aromatic rings. The van der Waals surface area contributed by atoms with Crippen molar-refractivity contribution in [2.24, 2.45) is 0 Å². The van der Waals surface area contributed by atoms with Crippen LogP contribution < -0.4 is 5.32 Å². The van der Waals surface area contributed by atoms with Crippen LogP contribution in [0.15, 0.2) is 24.3 Å². The number of carbonyl (C=O) groups is 1. The predicted molar refractivity (Wildman–Crippen MR) is 86.5 cm³/mol. The third-order valence-electron chi connectivity index (χ3n) is 3.60. The average Bonchev–Trinajstić information content (AvgIpc) is 2.81. The van der Waals surface area contributed by atoms with Gasteiger partial charge in [-0.2, -0.15) is 5.10 Å². The number of carbonyl (C=O) groups excluding carboxylic acids is 1. The number of nitro groups is 1. The van der Waals surface area contributed by atoms with Gasteiger partial charge in [0.25, 0.3) is 11.6 Å². The molecule has 1 amide bonds. The summed E-state index contributed by atoms with van der Waals surface area (Å²) in [5.41, 5.74) is 2.85. The number of rotatable bonds is 6. The van der Waals surface area contributed by atoms with Gasteiger partial charge in [-0.3, -0.25) is 19.6 Å². The van der Waals surface area contributed by atoms with Crippen molar-refractivity contribution >= 4 is 11.6 Å². The summed E-state index contributed by atoms with van der Waals surface area (Å²) in [6, 6.07) is 6.50. The van der Waals surface area contributed by atoms with E-state index in [1.165, 1.54) is 6.07 Å². The fourth-order valence-electron chi connectivity index (χ4n) is 2.38. The van der Waals surface area contributed by atoms with E-state index in [0.717, 1.165) is 17.8 Å². The van der Waals surface area contributed by atoms with E-state index in [0.29, 0.717) is 24.2 Å². The van der Waals surface area contributed by atoms with Gasteiger partial charge in [-0.25, -0.2) is 0 Å². The van der Waals surface area contributed by atoms with Crippen molar-refractivity contribution in [2.45, 2.75) is 33.7 Å². The van der Waals surface area contributed by atoms with Crippen molar-refractivity contribution in [2.75, 3.05) is 6.54 Å². The number of amides is 1. The molecule has 7 heteroatoms. The Labute approximate surface area is 134 Å². The van der Waals surface area contributed by atoms with Crippen molar-refractivity contribution in [3.05, 3.63) is 56.9 Å². The zero-order valence-electron chi connectivity index (χ0n) is 13.5. The summed E-state index contributed by atoms with van der Waals surface area (Å²) in [6.07, 6.45) is 0.738. The first-order valence-electron chi connectivity index (χ1n) is 7.43. The highest BCUT2D eigenvalue weighted by Gasteiger charge is 2.14. The normalized spacial score (nSPS) is 10.6. The lowest BCUT2D eigenvalue weighted by molar-refractivity contribution is -0.385. The standard InChI is InChI=1S/C16H20N4O3/c1-11-5-6-14(10-15(11)20(22)23)16(21)17-7-4-8-19-13(3)9-12(2)18-19/h5-6,9-10H,4,7-8H2,1-3H3,(H,17,21). The zero-order chi connectivity index (χ0) is 17.0. The van der Waals surface area contributed by atoms with Crippen molar-refractivity contribution in [3.8, 4) is 0 Å². The van der Waals surface area contributed by atoms with Gasteiger partial charge in [-0.1, -0.05) is 6.07 Å². The summed E-state index contributed by atoms with van der Waals surface area (Å²) in [5, 5.41) is 18.0. The maximum absolute atomic E-state index is 12.1. The zero-order valence-corrected chi connectivity index (χ0v) is 13.5. The number of benzene rings is 1. The number of hydrogen-bond donors (Lipinski definition) is 1. The molecule has 0 atom stereocenters. The first-order chi connectivity index (χ1) is 10.9. The lowest BCUT2D eigenvalue weighted by Crippen LogP contribution is -2.25. The van der Waals surface area contributed by atoms with Crippen LogP contribution in [0.5, 0.6) is 0 Å². The molecular weight excluding hydrogens is 296 g/mol. The van der Waals surface area contributed by atoms with Gasteiger partial charge < -0.3 is 5.32 Å². The molecule has 0 aliphatic heterocycles. The maximum Gasteiger partial charge on any atom is 0.273 e. The Morgan fingerprint density at radius 1 is 1.30 bits per heavy atom. The Morgan fingerprint density at radius 2 is 2.04 bits per heavy atom. The molecule has 0 radical (unpaired) electrons. The van der Waals surface area contributed by atoms with Gasteiger partial charge in [0, 0.05) is 36.0 Å². The molecule has 0 aliphatic carbocycles. The van der Waals surface area contributed by atoms with Crippen LogP contribution in [-0.2, 0) is 6.54 Å². The third-order valence-corrected chi connectivity index (χ3v) is 3.60. The average molecular weight is 316 g/mol. The Bertz CT molecular complexity index is 737. The lowest BCUT2D eigenvalue weighted by Gasteiger charge is -2.07. The molecule has 0 bridgehead atoms. The second-order valence-corrected chi connectivity index (χ2v) is 5.52. The number of hydrogen-bond acceptors (Lipinski definition) is 4. The van der Waals surface area contributed by atoms with Gasteiger partial charge in [-0.15, -0.1) is 0 Å². The van der Waals surface area contributed by atoms with E-state index < -0.39 is 4.92 Å². The van der Waals surface area contributed by atoms with Crippen LogP contribution in [0, 0.1) is 30.9 Å². The Kier molecular flexibility index (Phi) is 5.10. The van der Waals surface area contributed by atoms with Crippen molar-refractivity contribution in [1.82, 2.24) is 15.1 Å². The number of nitro benzene ring substituents is 1. The highest BCUT2D eigenvalue weighted by Crippen LogP contribution is 2.19. The molecular formula is C16H20N4O3. The molecule has 1 N–H and O–H groups in total. The molecule has 23 heavy (non-hydrogen) atoms. The minimum absolute atomic E-state index is 0.0414. The van der Waals surface area contributed by atoms with Crippen LogP contribution in [-0.4, -0.2) is 27.2 Å². The largest absolute Gasteiger partial charge is 0.352 e. The van der Waals surface area contributed by atoms with Crippen molar-refractivity contribution in [3.63, 3.8) is 0 Å². The number of nitrogens with one attached hydrogen (secondary N) is 1. The monoisotopic (exact) mass is 316 g/mol. The Morgan fingerprint density at radius 3 is 2.65 bits per heavy atom. The molecule has 0 spiro atoms. The summed E-state index contributed by atoms with van der Waals surface area (Å²) >= 11 is 0. The first kappa shape index (κ1) is 16.7. The summed E-state index contributed by atoms with van der Waals surface area (Å²) in [4.78, 5) is 22.5. The molecule has 0 fully saturated rings. The molecule has 7 nitrogen and oxygen atoms in total. The topological polar surface area (TPSA) is 90.1 Å². The predicted octanol–water partition coefficient (Wildman–Crippen LogP) is 2.54. The lowest BCUT2D eigenvalue weighted by atomic mass is 10.1. The quantitative estimate of drug-likeness (QED) is 0.504. The van der Waals surface area contributed by atoms with Gasteiger partial charge in [0.05, 0.1) is 10.6 Å². The number of nitrogens with zero attached hydrogens (tertiary/aromatic N) is 3. The fraction of sp³-hybridized carbons (Fsp3) is 0.375. The maximum atomic E-state index is 12.1. The molecule has 0 aliphatic rings. The molecule has 0 unspecified atom stereocenters. The van der Waals surface area contributed by atoms with E-state index in [1.54, 1.807) is 19.1 Å². The van der Waals surface area contributed by atoms with Gasteiger partial charge in [0.2, 0.25) is 0 Å². The summed E-state index contributed by atoms with van der Waals surface area (Å²) in [7, 11) is 0. The van der Waals surface area contributed by atoms with Gasteiger partial charge in [0.1, 0.15) is 0 Å². The molecule has 122 valence electrons. The van der Waals surface area contributed by atoms with E-state index >= 15 is 0 Å². The molecule has 1 heterocycles. The first-order valence-corrected chi connectivity index (χ1v) is 7.43. The van der Waals surface area contributed by atoms with Crippen molar-refractivity contribution < 1.29 is 9.72 Å². The van der Waals surface area contributed by atoms with E-state index in [1.807, 2.05) is 24.6 Å². The summed E-state index contributed by atoms with van der Waals surface area (Å²) in [5.74, 6) is -0.304. The highest BCUT2D eigenvalue weighted by molar-refractivity contribution is 5.94. The smallest absolute Gasteiger partial charge is 0.273 e. The molecule has 1 aromatic heterocycles. The molecule has 0 saturated carbocycles. The minimum Gasteiger partial charge on any atom is -0.352 e. The fourth-order valence-corrected chi connectivity index (χ4v) is 2.38. The third kappa shape index (κ3) is 4.15. The number of aromatic nitrogens is 2. The van der Waals surface area contributed by atoms with Crippen LogP contribution >= 0.6 is 0 Å². The van der Waals surface area contributed by atoms with E-state index in [-0.39, 0.29) is 11.6 Å². The van der Waals surface area contributed by atoms with Gasteiger partial charge >= 0.3 is 0 Å². The van der Waals surface area contributed by atoms with Gasteiger partial charge in [-0.05, 0) is 39.3 Å². The second kappa shape index (κ2) is 7.04. The number of aryl methyl sites for hydroxylation is 4. The van der Waals surface area contributed by atoms with Gasteiger partial charge in [0.15, 0.2) is 0 Å². The Balaban J connectivity index is 1.89. The van der Waals surface area contributed by atoms with Crippen LogP contribution in [0.25, 0.3) is 0 Å². The summed E-state index contributed by atoms with van der Waals surface area (Å²) in [6.45, 7) is 6.78. The summed E-state index contributed by atoms with van der Waals surface area (Å²) < 4.78 is 1.90. The Hall–Kier alpha value is -2.70. The molecule has 2 rings (SSSR count). The van der Waals surface area contributed by atoms with Crippen LogP contribution in [0.1, 0.15) is 33.7 Å².